The number of amides is 2. The predicted molar refractivity (Wildman–Crippen MR) is 139 cm³/mol. The highest BCUT2D eigenvalue weighted by molar-refractivity contribution is 6.34. The van der Waals surface area contributed by atoms with Gasteiger partial charge in [0.05, 0.1) is 16.8 Å². The molecule has 0 fully saturated rings. The molecule has 2 N–H and O–H groups in total. The molecule has 0 heterocycles. The van der Waals surface area contributed by atoms with Crippen molar-refractivity contribution < 1.29 is 9.59 Å². The third-order valence-corrected chi connectivity index (χ3v) is 5.43. The molecular weight excluding hydrogens is 448 g/mol. The minimum atomic E-state index is -0.557. The van der Waals surface area contributed by atoms with Crippen LogP contribution in [0.4, 0.5) is 5.69 Å². The van der Waals surface area contributed by atoms with E-state index in [-0.39, 0.29) is 11.3 Å². The van der Waals surface area contributed by atoms with Crippen molar-refractivity contribution in [2.24, 2.45) is 5.10 Å². The SMILES string of the molecule is CCc1ccc(/C=N/NC(=O)/C(=C\c2ccc(N(C)C)cc2)NC(=O)c2ccccc2Cl)cc1. The number of nitrogens with zero attached hydrogens (tertiary/aromatic N) is 2. The summed E-state index contributed by atoms with van der Waals surface area (Å²) in [6, 6.07) is 22.1. The second kappa shape index (κ2) is 11.8. The van der Waals surface area contributed by atoms with Crippen molar-refractivity contribution >= 4 is 41.4 Å². The van der Waals surface area contributed by atoms with E-state index < -0.39 is 11.8 Å². The van der Waals surface area contributed by atoms with Crippen molar-refractivity contribution in [1.29, 1.82) is 0 Å². The molecule has 3 aromatic carbocycles. The fourth-order valence-electron chi connectivity index (χ4n) is 3.09. The van der Waals surface area contributed by atoms with Crippen LogP contribution < -0.4 is 15.6 Å². The first-order valence-electron chi connectivity index (χ1n) is 10.8. The highest BCUT2D eigenvalue weighted by Crippen LogP contribution is 2.17. The number of rotatable bonds is 8. The molecular formula is C27H27ClN4O2. The smallest absolute Gasteiger partial charge is 0.287 e. The topological polar surface area (TPSA) is 73.8 Å². The lowest BCUT2D eigenvalue weighted by molar-refractivity contribution is -0.117. The van der Waals surface area contributed by atoms with Crippen LogP contribution in [0.1, 0.15) is 34.0 Å². The summed E-state index contributed by atoms with van der Waals surface area (Å²) in [5.41, 5.74) is 6.63. The van der Waals surface area contributed by atoms with Crippen LogP contribution in [0.2, 0.25) is 5.02 Å². The number of hydrogen-bond acceptors (Lipinski definition) is 4. The predicted octanol–water partition coefficient (Wildman–Crippen LogP) is 4.89. The summed E-state index contributed by atoms with van der Waals surface area (Å²) in [4.78, 5) is 27.7. The molecule has 0 bridgehead atoms. The van der Waals surface area contributed by atoms with E-state index in [0.29, 0.717) is 5.02 Å². The zero-order valence-electron chi connectivity index (χ0n) is 19.4. The first-order valence-corrected chi connectivity index (χ1v) is 11.2. The molecule has 0 aliphatic rings. The van der Waals surface area contributed by atoms with Crippen molar-refractivity contribution in [3.05, 3.63) is 106 Å². The summed E-state index contributed by atoms with van der Waals surface area (Å²) >= 11 is 6.15. The van der Waals surface area contributed by atoms with Gasteiger partial charge in [0.1, 0.15) is 5.70 Å². The zero-order valence-corrected chi connectivity index (χ0v) is 20.1. The molecule has 0 spiro atoms. The molecule has 0 saturated heterocycles. The van der Waals surface area contributed by atoms with Gasteiger partial charge in [-0.25, -0.2) is 5.43 Å². The van der Waals surface area contributed by atoms with E-state index in [9.17, 15) is 9.59 Å². The molecule has 0 radical (unpaired) electrons. The van der Waals surface area contributed by atoms with E-state index in [1.54, 1.807) is 36.6 Å². The van der Waals surface area contributed by atoms with Crippen molar-refractivity contribution in [2.45, 2.75) is 13.3 Å². The van der Waals surface area contributed by atoms with Gasteiger partial charge in [0.25, 0.3) is 11.8 Å². The maximum Gasteiger partial charge on any atom is 0.287 e. The van der Waals surface area contributed by atoms with Gasteiger partial charge in [0.15, 0.2) is 0 Å². The average molecular weight is 475 g/mol. The van der Waals surface area contributed by atoms with Crippen LogP contribution in [0.5, 0.6) is 0 Å². The van der Waals surface area contributed by atoms with Crippen molar-refractivity contribution in [3.8, 4) is 0 Å². The van der Waals surface area contributed by atoms with Crippen LogP contribution in [0.15, 0.2) is 83.6 Å². The van der Waals surface area contributed by atoms with Crippen LogP contribution in [-0.4, -0.2) is 32.1 Å². The quantitative estimate of drug-likeness (QED) is 0.277. The lowest BCUT2D eigenvalue weighted by Crippen LogP contribution is -2.33. The van der Waals surface area contributed by atoms with Gasteiger partial charge in [-0.15, -0.1) is 0 Å². The molecule has 7 heteroatoms. The molecule has 0 saturated carbocycles. The Kier molecular flexibility index (Phi) is 8.60. The molecule has 0 aliphatic heterocycles. The monoisotopic (exact) mass is 474 g/mol. The van der Waals surface area contributed by atoms with E-state index in [1.807, 2.05) is 67.5 Å². The molecule has 174 valence electrons. The minimum Gasteiger partial charge on any atom is -0.378 e. The van der Waals surface area contributed by atoms with E-state index in [4.69, 9.17) is 11.6 Å². The second-order valence-electron chi connectivity index (χ2n) is 7.77. The number of hydrogen-bond donors (Lipinski definition) is 2. The summed E-state index contributed by atoms with van der Waals surface area (Å²) in [5, 5.41) is 7.00. The Balaban J connectivity index is 1.82. The van der Waals surface area contributed by atoms with Crippen molar-refractivity contribution in [1.82, 2.24) is 10.7 Å². The molecule has 0 aromatic heterocycles. The molecule has 3 aromatic rings. The van der Waals surface area contributed by atoms with E-state index in [2.05, 4.69) is 22.8 Å². The Bertz CT molecular complexity index is 1200. The molecule has 0 aliphatic carbocycles. The Morgan fingerprint density at radius 2 is 1.59 bits per heavy atom. The summed E-state index contributed by atoms with van der Waals surface area (Å²) in [5.74, 6) is -1.05. The number of halogens is 1. The number of anilines is 1. The lowest BCUT2D eigenvalue weighted by atomic mass is 10.1. The number of aryl methyl sites for hydroxylation is 1. The maximum atomic E-state index is 12.9. The number of hydrazone groups is 1. The largest absolute Gasteiger partial charge is 0.378 e. The number of nitrogens with one attached hydrogen (secondary N) is 2. The van der Waals surface area contributed by atoms with Gasteiger partial charge in [-0.1, -0.05) is 67.1 Å². The molecule has 0 atom stereocenters. The Hall–Kier alpha value is -3.90. The first-order chi connectivity index (χ1) is 16.4. The summed E-state index contributed by atoms with van der Waals surface area (Å²) in [6.45, 7) is 2.09. The normalized spacial score (nSPS) is 11.4. The van der Waals surface area contributed by atoms with E-state index in [1.165, 1.54) is 5.56 Å². The molecule has 3 rings (SSSR count). The van der Waals surface area contributed by atoms with Crippen LogP contribution >= 0.6 is 11.6 Å². The van der Waals surface area contributed by atoms with Gasteiger partial charge in [-0.3, -0.25) is 9.59 Å². The highest BCUT2D eigenvalue weighted by Gasteiger charge is 2.16. The van der Waals surface area contributed by atoms with E-state index in [0.717, 1.165) is 23.2 Å². The zero-order chi connectivity index (χ0) is 24.5. The van der Waals surface area contributed by atoms with E-state index >= 15 is 0 Å². The lowest BCUT2D eigenvalue weighted by Gasteiger charge is -2.13. The maximum absolute atomic E-state index is 12.9. The van der Waals surface area contributed by atoms with Gasteiger partial charge in [-0.2, -0.15) is 5.10 Å². The van der Waals surface area contributed by atoms with Gasteiger partial charge in [0.2, 0.25) is 0 Å². The Morgan fingerprint density at radius 3 is 2.21 bits per heavy atom. The van der Waals surface area contributed by atoms with Gasteiger partial charge < -0.3 is 10.2 Å². The highest BCUT2D eigenvalue weighted by atomic mass is 35.5. The third kappa shape index (κ3) is 6.80. The summed E-state index contributed by atoms with van der Waals surface area (Å²) < 4.78 is 0. The van der Waals surface area contributed by atoms with Crippen LogP contribution in [0, 0.1) is 0 Å². The van der Waals surface area contributed by atoms with Crippen LogP contribution in [0.25, 0.3) is 6.08 Å². The van der Waals surface area contributed by atoms with Crippen molar-refractivity contribution in [2.75, 3.05) is 19.0 Å². The first kappa shape index (κ1) is 24.7. The van der Waals surface area contributed by atoms with Crippen molar-refractivity contribution in [3.63, 3.8) is 0 Å². The Labute approximate surface area is 204 Å². The molecule has 34 heavy (non-hydrogen) atoms. The number of benzene rings is 3. The van der Waals surface area contributed by atoms with Gasteiger partial charge in [0, 0.05) is 19.8 Å². The molecule has 6 nitrogen and oxygen atoms in total. The number of carbonyl (C=O) groups excluding carboxylic acids is 2. The molecule has 0 unspecified atom stereocenters. The Morgan fingerprint density at radius 1 is 0.941 bits per heavy atom. The van der Waals surface area contributed by atoms with Gasteiger partial charge in [-0.05, 0) is 53.5 Å². The standard InChI is InChI=1S/C27H27ClN4O2/c1-4-19-9-11-21(12-10-19)18-29-31-27(34)25(17-20-13-15-22(16-14-20)32(2)3)30-26(33)23-7-5-6-8-24(23)28/h5-18H,4H2,1-3H3,(H,30,33)(H,31,34)/b25-17+,29-18+. The fourth-order valence-corrected chi connectivity index (χ4v) is 3.32. The van der Waals surface area contributed by atoms with Crippen LogP contribution in [-0.2, 0) is 11.2 Å². The second-order valence-corrected chi connectivity index (χ2v) is 8.18. The molecule has 2 amide bonds. The average Bonchev–Trinajstić information content (AvgIpc) is 2.84. The number of carbonyl (C=O) groups is 2. The minimum absolute atomic E-state index is 0.0426. The fraction of sp³-hybridized carbons (Fsp3) is 0.148. The third-order valence-electron chi connectivity index (χ3n) is 5.10. The van der Waals surface area contributed by atoms with Crippen LogP contribution in [0.3, 0.4) is 0 Å². The summed E-state index contributed by atoms with van der Waals surface area (Å²) in [7, 11) is 3.89. The van der Waals surface area contributed by atoms with Gasteiger partial charge >= 0.3 is 0 Å². The summed E-state index contributed by atoms with van der Waals surface area (Å²) in [6.07, 6.45) is 4.09.